The zero-order valence-electron chi connectivity index (χ0n) is 11.7. The molecule has 2 N–H and O–H groups in total. The summed E-state index contributed by atoms with van der Waals surface area (Å²) in [4.78, 5) is 12.6. The quantitative estimate of drug-likeness (QED) is 0.841. The average Bonchev–Trinajstić information content (AvgIpc) is 2.43. The minimum absolute atomic E-state index is 0.240. The van der Waals surface area contributed by atoms with Crippen LogP contribution in [0.2, 0.25) is 10.0 Å². The predicted octanol–water partition coefficient (Wildman–Crippen LogP) is 3.75. The van der Waals surface area contributed by atoms with E-state index in [1.165, 1.54) is 0 Å². The van der Waals surface area contributed by atoms with E-state index in [2.05, 4.69) is 25.6 Å². The van der Waals surface area contributed by atoms with Crippen LogP contribution in [0.5, 0.6) is 6.01 Å². The number of nitrogens with zero attached hydrogens (tertiary/aromatic N) is 3. The SMILES string of the molecule is CCNc1nc(Nc2cc(Cl)ccc2Cl)nc(OCC)n1. The number of rotatable bonds is 6. The normalized spacial score (nSPS) is 10.3. The molecule has 0 aliphatic heterocycles. The van der Waals surface area contributed by atoms with Crippen molar-refractivity contribution in [3.63, 3.8) is 0 Å². The first kappa shape index (κ1) is 15.6. The Morgan fingerprint density at radius 2 is 1.86 bits per heavy atom. The molecule has 0 saturated heterocycles. The molecule has 0 aliphatic rings. The van der Waals surface area contributed by atoms with E-state index < -0.39 is 0 Å². The highest BCUT2D eigenvalue weighted by molar-refractivity contribution is 6.35. The number of anilines is 3. The van der Waals surface area contributed by atoms with Crippen LogP contribution in [0.15, 0.2) is 18.2 Å². The third kappa shape index (κ3) is 4.34. The molecule has 6 nitrogen and oxygen atoms in total. The van der Waals surface area contributed by atoms with E-state index in [9.17, 15) is 0 Å². The molecular formula is C13H15Cl2N5O. The summed E-state index contributed by atoms with van der Waals surface area (Å²) in [7, 11) is 0. The zero-order valence-corrected chi connectivity index (χ0v) is 13.2. The van der Waals surface area contributed by atoms with E-state index in [1.807, 2.05) is 13.8 Å². The summed E-state index contributed by atoms with van der Waals surface area (Å²) >= 11 is 12.1. The highest BCUT2D eigenvalue weighted by Gasteiger charge is 2.09. The van der Waals surface area contributed by atoms with Gasteiger partial charge in [-0.3, -0.25) is 0 Å². The van der Waals surface area contributed by atoms with Gasteiger partial charge in [0.1, 0.15) is 0 Å². The molecule has 0 aliphatic carbocycles. The Morgan fingerprint density at radius 3 is 2.57 bits per heavy atom. The maximum Gasteiger partial charge on any atom is 0.323 e. The summed E-state index contributed by atoms with van der Waals surface area (Å²) in [5, 5.41) is 7.11. The van der Waals surface area contributed by atoms with Crippen LogP contribution in [0.1, 0.15) is 13.8 Å². The molecule has 0 amide bonds. The monoisotopic (exact) mass is 327 g/mol. The van der Waals surface area contributed by atoms with Crippen LogP contribution in [0, 0.1) is 0 Å². The number of hydrogen-bond donors (Lipinski definition) is 2. The fraction of sp³-hybridized carbons (Fsp3) is 0.308. The standard InChI is InChI=1S/C13H15Cl2N5O/c1-3-16-11-18-12(20-13(19-11)21-4-2)17-10-7-8(14)5-6-9(10)15/h5-7H,3-4H2,1-2H3,(H2,16,17,18,19,20). The Morgan fingerprint density at radius 1 is 1.10 bits per heavy atom. The number of hydrogen-bond acceptors (Lipinski definition) is 6. The van der Waals surface area contributed by atoms with E-state index in [0.29, 0.717) is 40.8 Å². The average molecular weight is 328 g/mol. The van der Waals surface area contributed by atoms with Crippen molar-refractivity contribution in [3.05, 3.63) is 28.2 Å². The number of nitrogens with one attached hydrogen (secondary N) is 2. The van der Waals surface area contributed by atoms with Crippen molar-refractivity contribution in [2.45, 2.75) is 13.8 Å². The molecule has 8 heteroatoms. The van der Waals surface area contributed by atoms with Crippen molar-refractivity contribution in [3.8, 4) is 6.01 Å². The Bertz CT molecular complexity index is 599. The zero-order chi connectivity index (χ0) is 15.2. The van der Waals surface area contributed by atoms with Crippen LogP contribution in [-0.2, 0) is 0 Å². The lowest BCUT2D eigenvalue weighted by atomic mass is 10.3. The molecule has 0 spiro atoms. The first-order valence-electron chi connectivity index (χ1n) is 6.47. The molecule has 0 unspecified atom stereocenters. The summed E-state index contributed by atoms with van der Waals surface area (Å²) in [6.07, 6.45) is 0. The topological polar surface area (TPSA) is 72.0 Å². The smallest absolute Gasteiger partial charge is 0.323 e. The number of ether oxygens (including phenoxy) is 1. The van der Waals surface area contributed by atoms with Gasteiger partial charge < -0.3 is 15.4 Å². The van der Waals surface area contributed by atoms with E-state index in [1.54, 1.807) is 18.2 Å². The van der Waals surface area contributed by atoms with Gasteiger partial charge in [0.05, 0.1) is 17.3 Å². The van der Waals surface area contributed by atoms with E-state index in [-0.39, 0.29) is 6.01 Å². The molecule has 21 heavy (non-hydrogen) atoms. The summed E-state index contributed by atoms with van der Waals surface area (Å²) in [5.74, 6) is 0.755. The van der Waals surface area contributed by atoms with Gasteiger partial charge in [-0.15, -0.1) is 0 Å². The molecule has 0 bridgehead atoms. The molecule has 1 aromatic carbocycles. The van der Waals surface area contributed by atoms with Crippen molar-refractivity contribution in [1.29, 1.82) is 0 Å². The highest BCUT2D eigenvalue weighted by atomic mass is 35.5. The number of aromatic nitrogens is 3. The molecule has 0 atom stereocenters. The molecule has 1 aromatic heterocycles. The van der Waals surface area contributed by atoms with Gasteiger partial charge in [-0.25, -0.2) is 0 Å². The molecular weight excluding hydrogens is 313 g/mol. The second-order valence-electron chi connectivity index (χ2n) is 3.98. The number of halogens is 2. The first-order valence-corrected chi connectivity index (χ1v) is 7.22. The molecule has 112 valence electrons. The molecule has 1 heterocycles. The first-order chi connectivity index (χ1) is 10.1. The molecule has 0 radical (unpaired) electrons. The van der Waals surface area contributed by atoms with Gasteiger partial charge in [-0.1, -0.05) is 23.2 Å². The Hall–Kier alpha value is -1.79. The second-order valence-corrected chi connectivity index (χ2v) is 4.82. The van der Waals surface area contributed by atoms with Crippen LogP contribution in [-0.4, -0.2) is 28.1 Å². The Balaban J connectivity index is 2.31. The minimum Gasteiger partial charge on any atom is -0.464 e. The summed E-state index contributed by atoms with van der Waals surface area (Å²) in [6.45, 7) is 4.96. The number of benzene rings is 1. The van der Waals surface area contributed by atoms with Crippen molar-refractivity contribution in [1.82, 2.24) is 15.0 Å². The predicted molar refractivity (Wildman–Crippen MR) is 84.9 cm³/mol. The van der Waals surface area contributed by atoms with Crippen LogP contribution in [0.25, 0.3) is 0 Å². The van der Waals surface area contributed by atoms with Gasteiger partial charge in [-0.05, 0) is 32.0 Å². The van der Waals surface area contributed by atoms with Crippen LogP contribution < -0.4 is 15.4 Å². The van der Waals surface area contributed by atoms with E-state index in [0.717, 1.165) is 0 Å². The van der Waals surface area contributed by atoms with E-state index >= 15 is 0 Å². The Kier molecular flexibility index (Phi) is 5.41. The summed E-state index contributed by atoms with van der Waals surface area (Å²) in [5.41, 5.74) is 0.611. The van der Waals surface area contributed by atoms with Gasteiger partial charge in [0, 0.05) is 11.6 Å². The fourth-order valence-corrected chi connectivity index (χ4v) is 1.89. The van der Waals surface area contributed by atoms with Gasteiger partial charge in [0.2, 0.25) is 11.9 Å². The molecule has 2 rings (SSSR count). The molecule has 0 saturated carbocycles. The second kappa shape index (κ2) is 7.28. The van der Waals surface area contributed by atoms with Crippen molar-refractivity contribution in [2.24, 2.45) is 0 Å². The van der Waals surface area contributed by atoms with Gasteiger partial charge in [0.15, 0.2) is 0 Å². The molecule has 2 aromatic rings. The lowest BCUT2D eigenvalue weighted by molar-refractivity contribution is 0.312. The van der Waals surface area contributed by atoms with Crippen LogP contribution >= 0.6 is 23.2 Å². The summed E-state index contributed by atoms with van der Waals surface area (Å²) in [6, 6.07) is 5.34. The van der Waals surface area contributed by atoms with Crippen molar-refractivity contribution in [2.75, 3.05) is 23.8 Å². The lowest BCUT2D eigenvalue weighted by Crippen LogP contribution is -2.09. The van der Waals surface area contributed by atoms with Crippen molar-refractivity contribution >= 4 is 40.8 Å². The van der Waals surface area contributed by atoms with E-state index in [4.69, 9.17) is 27.9 Å². The minimum atomic E-state index is 0.240. The Labute approximate surface area is 132 Å². The van der Waals surface area contributed by atoms with Gasteiger partial charge >= 0.3 is 6.01 Å². The highest BCUT2D eigenvalue weighted by Crippen LogP contribution is 2.27. The maximum absolute atomic E-state index is 6.11. The van der Waals surface area contributed by atoms with Gasteiger partial charge in [-0.2, -0.15) is 15.0 Å². The maximum atomic E-state index is 6.11. The summed E-state index contributed by atoms with van der Waals surface area (Å²) < 4.78 is 5.32. The fourth-order valence-electron chi connectivity index (χ4n) is 1.56. The van der Waals surface area contributed by atoms with Gasteiger partial charge in [0.25, 0.3) is 0 Å². The third-order valence-electron chi connectivity index (χ3n) is 2.40. The van der Waals surface area contributed by atoms with Crippen LogP contribution in [0.3, 0.4) is 0 Å². The van der Waals surface area contributed by atoms with Crippen molar-refractivity contribution < 1.29 is 4.74 Å². The molecule has 0 fully saturated rings. The van der Waals surface area contributed by atoms with Crippen LogP contribution in [0.4, 0.5) is 17.6 Å². The largest absolute Gasteiger partial charge is 0.464 e. The third-order valence-corrected chi connectivity index (χ3v) is 2.96. The lowest BCUT2D eigenvalue weighted by Gasteiger charge is -2.10.